The maximum absolute atomic E-state index is 5.55. The second-order valence-corrected chi connectivity index (χ2v) is 5.58. The van der Waals surface area contributed by atoms with Crippen LogP contribution in [0.3, 0.4) is 0 Å². The molecule has 1 aliphatic rings. The van der Waals surface area contributed by atoms with Crippen molar-refractivity contribution in [3.8, 4) is 0 Å². The Morgan fingerprint density at radius 3 is 2.83 bits per heavy atom. The van der Waals surface area contributed by atoms with Crippen molar-refractivity contribution < 1.29 is 0 Å². The van der Waals surface area contributed by atoms with E-state index in [1.54, 1.807) is 12.3 Å². The van der Waals surface area contributed by atoms with E-state index in [0.717, 1.165) is 18.4 Å². The number of nitrogens with one attached hydrogen (secondary N) is 1. The fourth-order valence-electron chi connectivity index (χ4n) is 2.35. The standard InChI is InChI=1S/C13H20N4S/c1-9-2-4-10(5-3-9)8-16-13-15-7-6-11(17-13)12(14)18/h6-7,9-10H,2-5,8H2,1H3,(H2,14,18)(H,15,16,17). The van der Waals surface area contributed by atoms with E-state index < -0.39 is 0 Å². The molecule has 1 aliphatic carbocycles. The van der Waals surface area contributed by atoms with E-state index in [1.165, 1.54) is 25.7 Å². The Hall–Kier alpha value is -1.23. The second kappa shape index (κ2) is 6.09. The zero-order valence-corrected chi connectivity index (χ0v) is 11.5. The smallest absolute Gasteiger partial charge is 0.223 e. The van der Waals surface area contributed by atoms with Gasteiger partial charge in [-0.3, -0.25) is 0 Å². The molecule has 1 aromatic rings. The van der Waals surface area contributed by atoms with Gasteiger partial charge >= 0.3 is 0 Å². The Morgan fingerprint density at radius 2 is 2.17 bits per heavy atom. The monoisotopic (exact) mass is 264 g/mol. The number of nitrogens with zero attached hydrogens (tertiary/aromatic N) is 2. The molecule has 0 amide bonds. The highest BCUT2D eigenvalue weighted by atomic mass is 32.1. The van der Waals surface area contributed by atoms with Gasteiger partial charge in [-0.15, -0.1) is 0 Å². The van der Waals surface area contributed by atoms with Crippen LogP contribution >= 0.6 is 12.2 Å². The van der Waals surface area contributed by atoms with Gasteiger partial charge in [0.15, 0.2) is 0 Å². The fraction of sp³-hybridized carbons (Fsp3) is 0.615. The van der Waals surface area contributed by atoms with Crippen LogP contribution in [0.25, 0.3) is 0 Å². The first-order chi connectivity index (χ1) is 8.65. The number of aromatic nitrogens is 2. The Bertz CT molecular complexity index is 413. The molecule has 0 bridgehead atoms. The third kappa shape index (κ3) is 3.63. The van der Waals surface area contributed by atoms with Crippen LogP contribution in [0.5, 0.6) is 0 Å². The topological polar surface area (TPSA) is 63.8 Å². The van der Waals surface area contributed by atoms with Gasteiger partial charge in [0, 0.05) is 12.7 Å². The van der Waals surface area contributed by atoms with Gasteiger partial charge in [-0.1, -0.05) is 32.0 Å². The predicted octanol–water partition coefficient (Wildman–Crippen LogP) is 2.35. The number of hydrogen-bond acceptors (Lipinski definition) is 4. The van der Waals surface area contributed by atoms with Crippen LogP contribution in [0, 0.1) is 11.8 Å². The summed E-state index contributed by atoms with van der Waals surface area (Å²) in [5.41, 5.74) is 6.18. The Kier molecular flexibility index (Phi) is 4.47. The molecule has 1 saturated carbocycles. The first kappa shape index (κ1) is 13.2. The van der Waals surface area contributed by atoms with Crippen LogP contribution in [0.2, 0.25) is 0 Å². The molecule has 98 valence electrons. The minimum Gasteiger partial charge on any atom is -0.388 e. The van der Waals surface area contributed by atoms with E-state index >= 15 is 0 Å². The minimum absolute atomic E-state index is 0.312. The molecule has 18 heavy (non-hydrogen) atoms. The first-order valence-corrected chi connectivity index (χ1v) is 6.92. The highest BCUT2D eigenvalue weighted by Crippen LogP contribution is 2.28. The molecule has 0 aliphatic heterocycles. The zero-order valence-electron chi connectivity index (χ0n) is 10.7. The van der Waals surface area contributed by atoms with E-state index in [1.807, 2.05) is 0 Å². The van der Waals surface area contributed by atoms with Gasteiger partial charge in [-0.25, -0.2) is 9.97 Å². The molecule has 0 spiro atoms. The lowest BCUT2D eigenvalue weighted by Crippen LogP contribution is -2.21. The van der Waals surface area contributed by atoms with E-state index in [-0.39, 0.29) is 0 Å². The van der Waals surface area contributed by atoms with Gasteiger partial charge in [0.25, 0.3) is 0 Å². The summed E-state index contributed by atoms with van der Waals surface area (Å²) in [7, 11) is 0. The molecule has 3 N–H and O–H groups in total. The van der Waals surface area contributed by atoms with Crippen molar-refractivity contribution in [3.63, 3.8) is 0 Å². The average molecular weight is 264 g/mol. The fourth-order valence-corrected chi connectivity index (χ4v) is 2.46. The van der Waals surface area contributed by atoms with Gasteiger partial charge in [0.2, 0.25) is 5.95 Å². The van der Waals surface area contributed by atoms with Gasteiger partial charge in [-0.05, 0) is 30.7 Å². The summed E-state index contributed by atoms with van der Waals surface area (Å²) in [4.78, 5) is 8.78. The van der Waals surface area contributed by atoms with Crippen LogP contribution in [0.4, 0.5) is 5.95 Å². The Morgan fingerprint density at radius 1 is 1.44 bits per heavy atom. The minimum atomic E-state index is 0.312. The average Bonchev–Trinajstić information content (AvgIpc) is 2.38. The van der Waals surface area contributed by atoms with E-state index in [4.69, 9.17) is 18.0 Å². The van der Waals surface area contributed by atoms with Gasteiger partial charge in [-0.2, -0.15) is 0 Å². The number of thiocarbonyl (C=S) groups is 1. The highest BCUT2D eigenvalue weighted by molar-refractivity contribution is 7.80. The summed E-state index contributed by atoms with van der Waals surface area (Å²) in [6.07, 6.45) is 6.94. The van der Waals surface area contributed by atoms with Crippen LogP contribution in [0.15, 0.2) is 12.3 Å². The second-order valence-electron chi connectivity index (χ2n) is 5.14. The normalized spacial score (nSPS) is 23.6. The van der Waals surface area contributed by atoms with Crippen molar-refractivity contribution in [2.75, 3.05) is 11.9 Å². The number of hydrogen-bond donors (Lipinski definition) is 2. The van der Waals surface area contributed by atoms with Crippen molar-refractivity contribution in [2.45, 2.75) is 32.6 Å². The molecule has 1 heterocycles. The summed E-state index contributed by atoms with van der Waals surface area (Å²) >= 11 is 4.90. The van der Waals surface area contributed by atoms with Crippen LogP contribution in [-0.2, 0) is 0 Å². The molecular weight excluding hydrogens is 244 g/mol. The molecule has 4 nitrogen and oxygen atoms in total. The summed E-state index contributed by atoms with van der Waals surface area (Å²) in [6.45, 7) is 3.27. The van der Waals surface area contributed by atoms with Gasteiger partial charge < -0.3 is 11.1 Å². The van der Waals surface area contributed by atoms with Crippen molar-refractivity contribution in [2.24, 2.45) is 17.6 Å². The lowest BCUT2D eigenvalue weighted by atomic mass is 9.83. The molecule has 1 aromatic heterocycles. The van der Waals surface area contributed by atoms with Crippen LogP contribution in [0.1, 0.15) is 38.3 Å². The Labute approximate surface area is 113 Å². The number of nitrogens with two attached hydrogens (primary N) is 1. The van der Waals surface area contributed by atoms with E-state index in [9.17, 15) is 0 Å². The molecule has 0 aromatic carbocycles. The molecule has 0 atom stereocenters. The van der Waals surface area contributed by atoms with Crippen molar-refractivity contribution in [1.29, 1.82) is 0 Å². The summed E-state index contributed by atoms with van der Waals surface area (Å²) < 4.78 is 0. The lowest BCUT2D eigenvalue weighted by Gasteiger charge is -2.26. The van der Waals surface area contributed by atoms with Crippen molar-refractivity contribution in [3.05, 3.63) is 18.0 Å². The third-order valence-corrected chi connectivity index (χ3v) is 3.80. The van der Waals surface area contributed by atoms with E-state index in [0.29, 0.717) is 16.6 Å². The maximum Gasteiger partial charge on any atom is 0.223 e. The summed E-state index contributed by atoms with van der Waals surface area (Å²) in [6, 6.07) is 1.73. The first-order valence-electron chi connectivity index (χ1n) is 6.52. The molecule has 2 rings (SSSR count). The van der Waals surface area contributed by atoms with Crippen molar-refractivity contribution >= 4 is 23.2 Å². The lowest BCUT2D eigenvalue weighted by molar-refractivity contribution is 0.300. The van der Waals surface area contributed by atoms with E-state index in [2.05, 4.69) is 22.2 Å². The zero-order chi connectivity index (χ0) is 13.0. The SMILES string of the molecule is CC1CCC(CNc2nccc(C(N)=S)n2)CC1. The van der Waals surface area contributed by atoms with Gasteiger partial charge in [0.05, 0.1) is 0 Å². The summed E-state index contributed by atoms with van der Waals surface area (Å²) in [5.74, 6) is 2.24. The summed E-state index contributed by atoms with van der Waals surface area (Å²) in [5, 5.41) is 3.29. The number of rotatable bonds is 4. The predicted molar refractivity (Wildman–Crippen MR) is 77.5 cm³/mol. The maximum atomic E-state index is 5.55. The Balaban J connectivity index is 1.86. The third-order valence-electron chi connectivity index (χ3n) is 3.59. The molecule has 0 radical (unpaired) electrons. The molecule has 0 unspecified atom stereocenters. The van der Waals surface area contributed by atoms with Crippen molar-refractivity contribution in [1.82, 2.24) is 9.97 Å². The highest BCUT2D eigenvalue weighted by Gasteiger charge is 2.18. The molecular formula is C13H20N4S. The quantitative estimate of drug-likeness (QED) is 0.817. The van der Waals surface area contributed by atoms with Crippen LogP contribution < -0.4 is 11.1 Å². The number of anilines is 1. The molecule has 5 heteroatoms. The molecule has 1 fully saturated rings. The van der Waals surface area contributed by atoms with Crippen LogP contribution in [-0.4, -0.2) is 21.5 Å². The molecule has 0 saturated heterocycles. The largest absolute Gasteiger partial charge is 0.388 e. The van der Waals surface area contributed by atoms with Gasteiger partial charge in [0.1, 0.15) is 10.7 Å².